The second-order valence-corrected chi connectivity index (χ2v) is 17.4. The van der Waals surface area contributed by atoms with E-state index in [1.807, 2.05) is 25.1 Å². The summed E-state index contributed by atoms with van der Waals surface area (Å²) in [6.07, 6.45) is 3.51. The average molecular weight is 680 g/mol. The van der Waals surface area contributed by atoms with Crippen LogP contribution in [0.3, 0.4) is 0 Å². The number of amides is 2. The number of carbonyl (C=O) groups is 2. The monoisotopic (exact) mass is 679 g/mol. The number of nitrogens with one attached hydrogen (secondary N) is 2. The maximum Gasteiger partial charge on any atom is 0.269 e. The zero-order valence-corrected chi connectivity index (χ0v) is 28.4. The lowest BCUT2D eigenvalue weighted by Gasteiger charge is -2.31. The van der Waals surface area contributed by atoms with Crippen LogP contribution in [-0.4, -0.2) is 71.0 Å². The number of carbonyl (C=O) groups excluding carboxylic acids is 2. The van der Waals surface area contributed by atoms with E-state index in [0.717, 1.165) is 24.9 Å². The zero-order chi connectivity index (χ0) is 34.2. The molecule has 2 aromatic carbocycles. The maximum absolute atomic E-state index is 16.2. The Morgan fingerprint density at radius 1 is 1.29 bits per heavy atom. The fraction of sp³-hybridized carbons (Fsp3) is 0.515. The van der Waals surface area contributed by atoms with Crippen molar-refractivity contribution in [3.8, 4) is 0 Å². The minimum Gasteiger partial charge on any atom is -0.396 e. The number of benzene rings is 2. The first-order valence-corrected chi connectivity index (χ1v) is 19.5. The second kappa shape index (κ2) is 13.5. The maximum atomic E-state index is 16.2. The smallest absolute Gasteiger partial charge is 0.269 e. The first kappa shape index (κ1) is 33.8. The molecule has 3 aromatic rings. The molecule has 256 valence electrons. The second-order valence-electron chi connectivity index (χ2n) is 13.6. The molecule has 1 spiro atoms. The molecule has 5 atom stereocenters. The minimum absolute atomic E-state index is 0.0601. The van der Waals surface area contributed by atoms with Crippen molar-refractivity contribution >= 4 is 37.3 Å². The Balaban J connectivity index is 1.31. The van der Waals surface area contributed by atoms with Crippen molar-refractivity contribution in [2.75, 3.05) is 29.9 Å². The van der Waals surface area contributed by atoms with Gasteiger partial charge in [0.15, 0.2) is 5.60 Å². The van der Waals surface area contributed by atoms with Gasteiger partial charge in [0.1, 0.15) is 0 Å². The van der Waals surface area contributed by atoms with E-state index in [9.17, 15) is 24.8 Å². The van der Waals surface area contributed by atoms with Crippen LogP contribution in [0.25, 0.3) is 0 Å². The Morgan fingerprint density at radius 3 is 2.81 bits per heavy atom. The summed E-state index contributed by atoms with van der Waals surface area (Å²) in [5, 5.41) is 35.6. The highest BCUT2D eigenvalue weighted by Crippen LogP contribution is 2.60. The Kier molecular flexibility index (Phi) is 9.48. The summed E-state index contributed by atoms with van der Waals surface area (Å²) in [7, 11) is -3.46. The highest BCUT2D eigenvalue weighted by Gasteiger charge is 2.66. The summed E-state index contributed by atoms with van der Waals surface area (Å²) in [6.45, 7) is 6.96. The van der Waals surface area contributed by atoms with E-state index < -0.39 is 42.4 Å². The third-order valence-electron chi connectivity index (χ3n) is 9.95. The predicted octanol–water partition coefficient (Wildman–Crippen LogP) is 4.07. The topological polar surface area (TPSA) is 165 Å². The summed E-state index contributed by atoms with van der Waals surface area (Å²) >= 11 is 0. The third kappa shape index (κ3) is 6.39. The number of aromatic nitrogens is 3. The van der Waals surface area contributed by atoms with Gasteiger partial charge in [0, 0.05) is 67.2 Å². The van der Waals surface area contributed by atoms with E-state index in [-0.39, 0.29) is 30.7 Å². The molecule has 6 rings (SSSR count). The Bertz CT molecular complexity index is 1690. The van der Waals surface area contributed by atoms with Crippen molar-refractivity contribution < 1.29 is 28.5 Å². The normalized spacial score (nSPS) is 25.4. The van der Waals surface area contributed by atoms with Gasteiger partial charge in [0.2, 0.25) is 14.3 Å². The van der Waals surface area contributed by atoms with Gasteiger partial charge in [-0.2, -0.15) is 0 Å². The van der Waals surface area contributed by atoms with Crippen LogP contribution in [0, 0.1) is 22.0 Å². The van der Waals surface area contributed by atoms with Gasteiger partial charge in [-0.05, 0) is 62.7 Å². The van der Waals surface area contributed by atoms with Gasteiger partial charge in [-0.15, -0.1) is 5.10 Å². The largest absolute Gasteiger partial charge is 0.396 e. The van der Waals surface area contributed by atoms with Crippen LogP contribution in [0.15, 0.2) is 48.7 Å². The van der Waals surface area contributed by atoms with Gasteiger partial charge in [0.05, 0.1) is 34.9 Å². The predicted molar refractivity (Wildman–Crippen MR) is 178 cm³/mol. The number of hydrogen-bond acceptors (Lipinski definition) is 9. The Hall–Kier alpha value is -4.05. The molecule has 3 aliphatic rings. The molecule has 4 heterocycles. The van der Waals surface area contributed by atoms with E-state index in [1.165, 1.54) is 12.1 Å². The first-order valence-electron chi connectivity index (χ1n) is 16.5. The molecule has 48 heavy (non-hydrogen) atoms. The number of hydrogen-bond donors (Lipinski definition) is 3. The minimum atomic E-state index is -3.46. The third-order valence-corrected chi connectivity index (χ3v) is 12.4. The van der Waals surface area contributed by atoms with Crippen molar-refractivity contribution in [3.63, 3.8) is 0 Å². The van der Waals surface area contributed by atoms with E-state index in [4.69, 9.17) is 4.74 Å². The van der Waals surface area contributed by atoms with Crippen LogP contribution >= 0.6 is 0 Å². The highest BCUT2D eigenvalue weighted by molar-refractivity contribution is 6.72. The van der Waals surface area contributed by atoms with Gasteiger partial charge in [0.25, 0.3) is 11.6 Å². The van der Waals surface area contributed by atoms with Crippen molar-refractivity contribution in [3.05, 3.63) is 75.6 Å². The molecule has 2 amide bonds. The molecule has 1 unspecified atom stereocenters. The fourth-order valence-corrected chi connectivity index (χ4v) is 10.3. The lowest BCUT2D eigenvalue weighted by atomic mass is 9.82. The van der Waals surface area contributed by atoms with Gasteiger partial charge < -0.3 is 29.5 Å². The number of nitrogens with zero attached hydrogens (tertiary/aromatic N) is 5. The van der Waals surface area contributed by atoms with Crippen LogP contribution in [0.5, 0.6) is 0 Å². The number of nitro benzene ring substituents is 1. The number of nitro groups is 1. The zero-order valence-electron chi connectivity index (χ0n) is 27.4. The molecular weight excluding hydrogens is 637 g/mol. The lowest BCUT2D eigenvalue weighted by molar-refractivity contribution is -0.385. The average Bonchev–Trinajstić information content (AvgIpc) is 3.70. The van der Waals surface area contributed by atoms with Crippen LogP contribution < -0.4 is 15.5 Å². The molecule has 15 heteroatoms. The summed E-state index contributed by atoms with van der Waals surface area (Å²) < 4.78 is 24.6. The van der Waals surface area contributed by atoms with Crippen LogP contribution in [0.1, 0.15) is 43.0 Å². The Morgan fingerprint density at radius 2 is 2.10 bits per heavy atom. The van der Waals surface area contributed by atoms with Gasteiger partial charge in [-0.3, -0.25) is 24.4 Å². The first-order chi connectivity index (χ1) is 22.9. The fourth-order valence-electron chi connectivity index (χ4n) is 7.76. The lowest BCUT2D eigenvalue weighted by Crippen LogP contribution is -2.45. The van der Waals surface area contributed by atoms with E-state index in [0.29, 0.717) is 48.6 Å². The number of aryl methyl sites for hydroxylation is 1. The molecule has 0 saturated carbocycles. The molecule has 2 saturated heterocycles. The Labute approximate surface area is 279 Å². The molecule has 3 aliphatic heterocycles. The molecule has 0 aliphatic carbocycles. The number of ether oxygens (including phenoxy) is 1. The van der Waals surface area contributed by atoms with Crippen molar-refractivity contribution in [1.29, 1.82) is 0 Å². The van der Waals surface area contributed by atoms with E-state index in [1.54, 1.807) is 41.0 Å². The van der Waals surface area contributed by atoms with Crippen molar-refractivity contribution in [2.24, 2.45) is 11.8 Å². The number of piperidine rings is 1. The van der Waals surface area contributed by atoms with Crippen LogP contribution in [0.4, 0.5) is 21.2 Å². The number of aliphatic hydroxyl groups excluding tert-OH is 1. The van der Waals surface area contributed by atoms with Gasteiger partial charge >= 0.3 is 0 Å². The molecule has 0 bridgehead atoms. The molecule has 3 N–H and O–H groups in total. The molecule has 0 radical (unpaired) electrons. The van der Waals surface area contributed by atoms with Crippen molar-refractivity contribution in [2.45, 2.75) is 76.0 Å². The summed E-state index contributed by atoms with van der Waals surface area (Å²) in [5.41, 5.74) is 0.412. The van der Waals surface area contributed by atoms with Crippen LogP contribution in [-0.2, 0) is 39.4 Å². The standard InChI is InChI=1S/C33H42FN7O6Si/c1-21-30(48(2,3)34)29(11-14-39-20-25(12-15-42)37-38-39)47-33(21)27-17-26(41(45)46)9-10-28(27)40(32(33)44)19-22-6-4-8-24(16-22)36-31(43)23-7-5-13-35-18-23/h4,6,8-10,16-17,20-21,23,29-30,35,42H,5,7,11-15,18-19H2,1-3H3,(H,36,43)/t21-,23?,29+,30-,33+/m1/s1. The van der Waals surface area contributed by atoms with Gasteiger partial charge in [-0.25, -0.2) is 0 Å². The number of non-ortho nitro benzene ring substituents is 1. The SMILES string of the molecule is C[C@@H]1[C@@H]([Si](C)(C)F)[C@H](CCn2cc(CCO)nn2)O[C@@]12C(=O)N(Cc1cccc(NC(=O)C3CCCNC3)c1)c1ccc([N+](=O)[O-])cc12. The molecule has 13 nitrogen and oxygen atoms in total. The van der Waals surface area contributed by atoms with Crippen molar-refractivity contribution in [1.82, 2.24) is 20.3 Å². The summed E-state index contributed by atoms with van der Waals surface area (Å²) in [5.74, 6) is -1.21. The number of aliphatic hydroxyl groups is 1. The number of halogens is 1. The van der Waals surface area contributed by atoms with Gasteiger partial charge in [-0.1, -0.05) is 24.3 Å². The highest BCUT2D eigenvalue weighted by atomic mass is 28.4. The molecular formula is C33H42FN7O6Si. The quantitative estimate of drug-likeness (QED) is 0.117. The van der Waals surface area contributed by atoms with E-state index >= 15 is 4.11 Å². The number of fused-ring (bicyclic) bond motifs is 2. The molecule has 2 fully saturated rings. The number of rotatable bonds is 11. The summed E-state index contributed by atoms with van der Waals surface area (Å²) in [4.78, 5) is 40.6. The molecule has 1 aromatic heterocycles. The number of anilines is 2. The van der Waals surface area contributed by atoms with E-state index in [2.05, 4.69) is 20.9 Å². The van der Waals surface area contributed by atoms with Crippen LogP contribution in [0.2, 0.25) is 18.6 Å². The summed E-state index contributed by atoms with van der Waals surface area (Å²) in [6, 6.07) is 11.6.